The molecule has 1 saturated heterocycles. The van der Waals surface area contributed by atoms with Gasteiger partial charge in [0, 0.05) is 17.7 Å². The second-order valence-corrected chi connectivity index (χ2v) is 11.1. The highest BCUT2D eigenvalue weighted by molar-refractivity contribution is 6.07. The van der Waals surface area contributed by atoms with Crippen LogP contribution in [0.1, 0.15) is 68.7 Å². The second kappa shape index (κ2) is 13.4. The van der Waals surface area contributed by atoms with E-state index in [-0.39, 0.29) is 42.9 Å². The van der Waals surface area contributed by atoms with Crippen molar-refractivity contribution in [2.24, 2.45) is 0 Å². The molecule has 1 unspecified atom stereocenters. The summed E-state index contributed by atoms with van der Waals surface area (Å²) in [5, 5.41) is 12.8. The largest absolute Gasteiger partial charge is 0.493 e. The van der Waals surface area contributed by atoms with E-state index < -0.39 is 41.0 Å². The molecule has 2 aromatic carbocycles. The molecule has 2 aromatic rings. The topological polar surface area (TPSA) is 97.3 Å². The van der Waals surface area contributed by atoms with Crippen LogP contribution in [0, 0.1) is 0 Å². The third kappa shape index (κ3) is 6.36. The maximum atomic E-state index is 13.6. The van der Waals surface area contributed by atoms with Crippen molar-refractivity contribution in [3.05, 3.63) is 58.7 Å². The van der Waals surface area contributed by atoms with Crippen molar-refractivity contribution in [2.75, 3.05) is 26.4 Å². The highest BCUT2D eigenvalue weighted by Crippen LogP contribution is 2.51. The van der Waals surface area contributed by atoms with Gasteiger partial charge in [-0.25, -0.2) is 4.79 Å². The maximum Gasteiger partial charge on any atom is 0.430 e. The van der Waals surface area contributed by atoms with E-state index in [4.69, 9.17) is 14.2 Å². The molecule has 8 nitrogen and oxygen atoms in total. The van der Waals surface area contributed by atoms with Gasteiger partial charge in [0.15, 0.2) is 11.5 Å². The van der Waals surface area contributed by atoms with Crippen LogP contribution in [0.15, 0.2) is 36.4 Å². The summed E-state index contributed by atoms with van der Waals surface area (Å²) >= 11 is 0. The van der Waals surface area contributed by atoms with Crippen LogP contribution in [0.25, 0.3) is 6.08 Å². The standard InChI is InChI=1S/C32H36F6N2O6/c1-4-9-20-17-23(30(43,31(33,34)35)32(36,37)38)18-21(10-5-2)26(20)46-14-8-7-13-40-27(41)29(6-3,39-28(40)42)22-11-12-24-25(19-22)45-16-15-44-24/h4,9,11-12,17-19,43H,5-8,10,13-16H2,1-3H3,(H,39,42)/b9-4-. The molecule has 2 N–H and O–H groups in total. The van der Waals surface area contributed by atoms with Gasteiger partial charge < -0.3 is 24.6 Å². The molecule has 0 radical (unpaired) electrons. The number of allylic oxidation sites excluding steroid dienone is 1. The molecule has 14 heteroatoms. The molecule has 2 heterocycles. The zero-order valence-electron chi connectivity index (χ0n) is 25.6. The number of unbranched alkanes of at least 4 members (excludes halogenated alkanes) is 1. The lowest BCUT2D eigenvalue weighted by atomic mass is 9.87. The first-order chi connectivity index (χ1) is 21.6. The summed E-state index contributed by atoms with van der Waals surface area (Å²) in [6, 6.07) is 5.82. The number of nitrogens with zero attached hydrogens (tertiary/aromatic N) is 1. The van der Waals surface area contributed by atoms with E-state index in [1.165, 1.54) is 19.1 Å². The number of amides is 3. The quantitative estimate of drug-likeness (QED) is 0.149. The summed E-state index contributed by atoms with van der Waals surface area (Å²) in [5.74, 6) is 0.675. The zero-order chi connectivity index (χ0) is 33.9. The average molecular weight is 659 g/mol. The number of nitrogens with one attached hydrogen (secondary N) is 1. The second-order valence-electron chi connectivity index (χ2n) is 11.1. The van der Waals surface area contributed by atoms with Crippen LogP contribution < -0.4 is 19.5 Å². The molecule has 1 fully saturated rings. The molecule has 3 amide bonds. The maximum absolute atomic E-state index is 13.6. The van der Waals surface area contributed by atoms with Gasteiger partial charge in [0.2, 0.25) is 0 Å². The van der Waals surface area contributed by atoms with Crippen molar-refractivity contribution in [1.29, 1.82) is 0 Å². The fraction of sp³-hybridized carbons (Fsp3) is 0.500. The number of hydrogen-bond donors (Lipinski definition) is 2. The van der Waals surface area contributed by atoms with Gasteiger partial charge >= 0.3 is 18.4 Å². The number of halogens is 6. The van der Waals surface area contributed by atoms with E-state index in [1.807, 2.05) is 0 Å². The third-order valence-corrected chi connectivity index (χ3v) is 8.06. The average Bonchev–Trinajstić information content (AvgIpc) is 3.25. The Morgan fingerprint density at radius 2 is 1.67 bits per heavy atom. The highest BCUT2D eigenvalue weighted by Gasteiger charge is 2.71. The van der Waals surface area contributed by atoms with Crippen LogP contribution >= 0.6 is 0 Å². The van der Waals surface area contributed by atoms with Crippen LogP contribution in [0.2, 0.25) is 0 Å². The molecule has 46 heavy (non-hydrogen) atoms. The number of fused-ring (bicyclic) bond motifs is 1. The predicted molar refractivity (Wildman–Crippen MR) is 156 cm³/mol. The summed E-state index contributed by atoms with van der Waals surface area (Å²) in [5.41, 5.74) is -7.16. The van der Waals surface area contributed by atoms with Gasteiger partial charge in [0.1, 0.15) is 24.5 Å². The summed E-state index contributed by atoms with van der Waals surface area (Å²) in [6.07, 6.45) is -7.97. The van der Waals surface area contributed by atoms with Crippen molar-refractivity contribution in [3.63, 3.8) is 0 Å². The smallest absolute Gasteiger partial charge is 0.430 e. The Balaban J connectivity index is 1.48. The molecule has 4 rings (SSSR count). The van der Waals surface area contributed by atoms with Crippen LogP contribution in [0.4, 0.5) is 31.1 Å². The number of imide groups is 1. The SMILES string of the molecule is C/C=C\c1cc(C(O)(C(F)(F)F)C(F)(F)F)cc(CCC)c1OCCCCN1C(=O)NC(CC)(c2ccc3c(c2)OCCO3)C1=O. The molecule has 2 aliphatic rings. The molecule has 0 aromatic heterocycles. The Hall–Kier alpha value is -3.94. The number of urea groups is 1. The van der Waals surface area contributed by atoms with Crippen LogP contribution in [0.5, 0.6) is 17.2 Å². The van der Waals surface area contributed by atoms with Crippen molar-refractivity contribution < 1.29 is 55.2 Å². The molecule has 1 atom stereocenters. The highest BCUT2D eigenvalue weighted by atomic mass is 19.4. The molecule has 0 spiro atoms. The van der Waals surface area contributed by atoms with Crippen LogP contribution in [-0.2, 0) is 22.4 Å². The van der Waals surface area contributed by atoms with Gasteiger partial charge in [-0.15, -0.1) is 0 Å². The fourth-order valence-corrected chi connectivity index (χ4v) is 5.67. The Morgan fingerprint density at radius 1 is 1.00 bits per heavy atom. The zero-order valence-corrected chi connectivity index (χ0v) is 25.6. The van der Waals surface area contributed by atoms with Gasteiger partial charge in [-0.1, -0.05) is 38.5 Å². The number of hydrogen-bond acceptors (Lipinski definition) is 6. The molecular weight excluding hydrogens is 622 g/mol. The first-order valence-electron chi connectivity index (χ1n) is 15.0. The third-order valence-electron chi connectivity index (χ3n) is 8.06. The van der Waals surface area contributed by atoms with Gasteiger partial charge in [-0.05, 0) is 68.0 Å². The molecule has 0 saturated carbocycles. The molecule has 0 aliphatic carbocycles. The molecule has 0 bridgehead atoms. The number of carbonyl (C=O) groups excluding carboxylic acids is 2. The van der Waals surface area contributed by atoms with E-state index in [2.05, 4.69) is 5.32 Å². The van der Waals surface area contributed by atoms with Crippen LogP contribution in [0.3, 0.4) is 0 Å². The molecular formula is C32H36F6N2O6. The first-order valence-corrected chi connectivity index (χ1v) is 15.0. The summed E-state index contributed by atoms with van der Waals surface area (Å²) in [4.78, 5) is 27.6. The molecule has 2 aliphatic heterocycles. The monoisotopic (exact) mass is 658 g/mol. The Labute approximate surface area is 262 Å². The minimum absolute atomic E-state index is 0.00580. The minimum atomic E-state index is -6.03. The van der Waals surface area contributed by atoms with Gasteiger partial charge in [-0.2, -0.15) is 26.3 Å². The van der Waals surface area contributed by atoms with Crippen molar-refractivity contribution in [1.82, 2.24) is 10.2 Å². The van der Waals surface area contributed by atoms with E-state index in [0.717, 1.165) is 4.90 Å². The van der Waals surface area contributed by atoms with Gasteiger partial charge in [0.05, 0.1) is 6.61 Å². The summed E-state index contributed by atoms with van der Waals surface area (Å²) < 4.78 is 98.9. The Morgan fingerprint density at radius 3 is 2.28 bits per heavy atom. The Bertz CT molecular complexity index is 1460. The number of carbonyl (C=O) groups is 2. The first kappa shape index (κ1) is 34.9. The van der Waals surface area contributed by atoms with Crippen molar-refractivity contribution >= 4 is 18.0 Å². The van der Waals surface area contributed by atoms with E-state index in [0.29, 0.717) is 61.7 Å². The Kier molecular flexibility index (Phi) is 10.2. The van der Waals surface area contributed by atoms with Gasteiger partial charge in [0.25, 0.3) is 11.5 Å². The summed E-state index contributed by atoms with van der Waals surface area (Å²) in [6.45, 7) is 5.81. The number of aliphatic hydroxyl groups is 1. The lowest BCUT2D eigenvalue weighted by molar-refractivity contribution is -0.376. The number of rotatable bonds is 12. The predicted octanol–water partition coefficient (Wildman–Crippen LogP) is 6.77. The lowest BCUT2D eigenvalue weighted by Crippen LogP contribution is -2.54. The van der Waals surface area contributed by atoms with Crippen molar-refractivity contribution in [2.45, 2.75) is 76.4 Å². The number of ether oxygens (including phenoxy) is 3. The fourth-order valence-electron chi connectivity index (χ4n) is 5.67. The lowest BCUT2D eigenvalue weighted by Gasteiger charge is -2.33. The molecule has 252 valence electrons. The number of alkyl halides is 6. The van der Waals surface area contributed by atoms with Crippen molar-refractivity contribution in [3.8, 4) is 17.2 Å². The normalized spacial score (nSPS) is 18.8. The van der Waals surface area contributed by atoms with Gasteiger partial charge in [-0.3, -0.25) is 9.69 Å². The summed E-state index contributed by atoms with van der Waals surface area (Å²) in [7, 11) is 0. The van der Waals surface area contributed by atoms with Crippen LogP contribution in [-0.4, -0.2) is 60.7 Å². The number of benzene rings is 2. The van der Waals surface area contributed by atoms with E-state index >= 15 is 0 Å². The minimum Gasteiger partial charge on any atom is -0.493 e. The van der Waals surface area contributed by atoms with E-state index in [9.17, 15) is 41.0 Å². The van der Waals surface area contributed by atoms with E-state index in [1.54, 1.807) is 32.0 Å². The number of aryl methyl sites for hydroxylation is 1.